The van der Waals surface area contributed by atoms with E-state index in [1.807, 2.05) is 0 Å². The van der Waals surface area contributed by atoms with Gasteiger partial charge in [-0.1, -0.05) is 29.3 Å². The molecule has 1 heterocycles. The van der Waals surface area contributed by atoms with Crippen LogP contribution in [-0.2, 0) is 4.74 Å². The molecular weight excluding hydrogens is 339 g/mol. The summed E-state index contributed by atoms with van der Waals surface area (Å²) in [5.74, 6) is 0.584. The Morgan fingerprint density at radius 2 is 1.96 bits per heavy atom. The van der Waals surface area contributed by atoms with Crippen LogP contribution in [0.3, 0.4) is 0 Å². The Balaban J connectivity index is 2.22. The molecule has 1 aromatic heterocycles. The fourth-order valence-corrected chi connectivity index (χ4v) is 2.34. The van der Waals surface area contributed by atoms with E-state index < -0.39 is 0 Å². The third kappa shape index (κ3) is 4.79. The summed E-state index contributed by atoms with van der Waals surface area (Å²) in [6, 6.07) is 6.70. The lowest BCUT2D eigenvalue weighted by molar-refractivity contribution is 0.0932. The monoisotopic (exact) mass is 354 g/mol. The highest BCUT2D eigenvalue weighted by atomic mass is 35.5. The summed E-state index contributed by atoms with van der Waals surface area (Å²) in [5, 5.41) is 6.65. The predicted octanol–water partition coefficient (Wildman–Crippen LogP) is 3.21. The van der Waals surface area contributed by atoms with E-state index in [1.165, 1.54) is 6.07 Å². The molecule has 0 saturated carbocycles. The number of rotatable bonds is 6. The van der Waals surface area contributed by atoms with Gasteiger partial charge in [-0.3, -0.25) is 4.79 Å². The number of methoxy groups -OCH3 is 1. The quantitative estimate of drug-likeness (QED) is 0.779. The highest BCUT2D eigenvalue weighted by Gasteiger charge is 2.12. The molecule has 6 nitrogen and oxygen atoms in total. The average molecular weight is 355 g/mol. The first-order valence-corrected chi connectivity index (χ1v) is 7.60. The van der Waals surface area contributed by atoms with E-state index in [0.717, 1.165) is 0 Å². The maximum Gasteiger partial charge on any atom is 0.270 e. The van der Waals surface area contributed by atoms with Crippen LogP contribution in [0, 0.1) is 6.92 Å². The molecule has 2 N–H and O–H groups in total. The lowest BCUT2D eigenvalue weighted by Gasteiger charge is -2.11. The van der Waals surface area contributed by atoms with Gasteiger partial charge in [-0.25, -0.2) is 9.97 Å². The molecule has 0 unspecified atom stereocenters. The smallest absolute Gasteiger partial charge is 0.270 e. The largest absolute Gasteiger partial charge is 0.383 e. The molecule has 0 aliphatic rings. The maximum atomic E-state index is 12.1. The van der Waals surface area contributed by atoms with E-state index in [9.17, 15) is 4.79 Å². The molecule has 0 saturated heterocycles. The van der Waals surface area contributed by atoms with Gasteiger partial charge in [0.25, 0.3) is 5.91 Å². The van der Waals surface area contributed by atoms with Crippen LogP contribution in [0.4, 0.5) is 11.5 Å². The third-order valence-corrected chi connectivity index (χ3v) is 3.51. The van der Waals surface area contributed by atoms with E-state index >= 15 is 0 Å². The van der Waals surface area contributed by atoms with E-state index in [4.69, 9.17) is 27.9 Å². The molecule has 0 bridgehead atoms. The van der Waals surface area contributed by atoms with E-state index in [-0.39, 0.29) is 11.6 Å². The zero-order valence-electron chi connectivity index (χ0n) is 12.7. The Hall–Kier alpha value is -1.89. The van der Waals surface area contributed by atoms with Gasteiger partial charge in [0.2, 0.25) is 0 Å². The van der Waals surface area contributed by atoms with Crippen molar-refractivity contribution in [2.45, 2.75) is 6.92 Å². The van der Waals surface area contributed by atoms with Crippen LogP contribution in [0.5, 0.6) is 0 Å². The predicted molar refractivity (Wildman–Crippen MR) is 90.7 cm³/mol. The number of nitrogens with one attached hydrogen (secondary N) is 2. The minimum atomic E-state index is -0.305. The fraction of sp³-hybridized carbons (Fsp3) is 0.267. The number of carbonyl (C=O) groups excluding carboxylic acids is 1. The molecule has 2 rings (SSSR count). The number of benzene rings is 1. The summed E-state index contributed by atoms with van der Waals surface area (Å²) in [6.45, 7) is 2.53. The Morgan fingerprint density at radius 3 is 2.61 bits per heavy atom. The first kappa shape index (κ1) is 17.5. The van der Waals surface area contributed by atoms with Crippen molar-refractivity contribution >= 4 is 40.6 Å². The lowest BCUT2D eigenvalue weighted by Crippen LogP contribution is -2.28. The summed E-state index contributed by atoms with van der Waals surface area (Å²) in [4.78, 5) is 20.4. The minimum absolute atomic E-state index is 0.249. The van der Waals surface area contributed by atoms with Crippen LogP contribution in [0.15, 0.2) is 24.3 Å². The van der Waals surface area contributed by atoms with E-state index in [0.29, 0.717) is 40.5 Å². The lowest BCUT2D eigenvalue weighted by atomic mass is 10.3. The van der Waals surface area contributed by atoms with Gasteiger partial charge in [0.15, 0.2) is 0 Å². The molecule has 23 heavy (non-hydrogen) atoms. The SMILES string of the molecule is COCCNC(=O)c1cc(Nc2c(Cl)cccc2Cl)nc(C)n1. The van der Waals surface area contributed by atoms with Gasteiger partial charge in [-0.15, -0.1) is 0 Å². The Kier molecular flexibility index (Phi) is 6.15. The zero-order chi connectivity index (χ0) is 16.8. The summed E-state index contributed by atoms with van der Waals surface area (Å²) in [5.41, 5.74) is 0.777. The highest BCUT2D eigenvalue weighted by Crippen LogP contribution is 2.32. The second-order valence-corrected chi connectivity index (χ2v) is 5.47. The summed E-state index contributed by atoms with van der Waals surface area (Å²) in [6.07, 6.45) is 0. The Bertz CT molecular complexity index is 690. The van der Waals surface area contributed by atoms with Crippen molar-refractivity contribution in [3.05, 3.63) is 45.8 Å². The standard InChI is InChI=1S/C15H16Cl2N4O2/c1-9-19-12(15(22)18-6-7-23-2)8-13(20-9)21-14-10(16)4-3-5-11(14)17/h3-5,8H,6-7H2,1-2H3,(H,18,22)(H,19,20,21). The summed E-state index contributed by atoms with van der Waals surface area (Å²) in [7, 11) is 1.57. The number of nitrogens with zero attached hydrogens (tertiary/aromatic N) is 2. The second-order valence-electron chi connectivity index (χ2n) is 4.66. The van der Waals surface area contributed by atoms with Gasteiger partial charge in [-0.2, -0.15) is 0 Å². The van der Waals surface area contributed by atoms with E-state index in [1.54, 1.807) is 32.2 Å². The second kappa shape index (κ2) is 8.10. The van der Waals surface area contributed by atoms with Crippen LogP contribution in [0.2, 0.25) is 10.0 Å². The number of ether oxygens (including phenoxy) is 1. The van der Waals surface area contributed by atoms with Crippen molar-refractivity contribution in [2.75, 3.05) is 25.6 Å². The zero-order valence-corrected chi connectivity index (χ0v) is 14.2. The van der Waals surface area contributed by atoms with Gasteiger partial charge in [-0.05, 0) is 19.1 Å². The number of para-hydroxylation sites is 1. The van der Waals surface area contributed by atoms with Gasteiger partial charge in [0.05, 0.1) is 22.3 Å². The Morgan fingerprint density at radius 1 is 1.26 bits per heavy atom. The van der Waals surface area contributed by atoms with Crippen LogP contribution >= 0.6 is 23.2 Å². The van der Waals surface area contributed by atoms with Gasteiger partial charge < -0.3 is 15.4 Å². The maximum absolute atomic E-state index is 12.1. The summed E-state index contributed by atoms with van der Waals surface area (Å²) < 4.78 is 4.89. The molecule has 0 aliphatic heterocycles. The molecule has 0 fully saturated rings. The molecule has 0 atom stereocenters. The first-order valence-electron chi connectivity index (χ1n) is 6.85. The first-order chi connectivity index (χ1) is 11.0. The van der Waals surface area contributed by atoms with Gasteiger partial charge in [0, 0.05) is 19.7 Å². The summed E-state index contributed by atoms with van der Waals surface area (Å²) >= 11 is 12.2. The van der Waals surface area contributed by atoms with Crippen LogP contribution in [0.1, 0.15) is 16.3 Å². The van der Waals surface area contributed by atoms with Crippen molar-refractivity contribution < 1.29 is 9.53 Å². The van der Waals surface area contributed by atoms with Crippen molar-refractivity contribution in [3.63, 3.8) is 0 Å². The molecule has 8 heteroatoms. The van der Waals surface area contributed by atoms with E-state index in [2.05, 4.69) is 20.6 Å². The highest BCUT2D eigenvalue weighted by molar-refractivity contribution is 6.39. The number of carbonyl (C=O) groups is 1. The molecule has 122 valence electrons. The average Bonchev–Trinajstić information content (AvgIpc) is 2.51. The minimum Gasteiger partial charge on any atom is -0.383 e. The molecule has 2 aromatic rings. The fourth-order valence-electron chi connectivity index (χ4n) is 1.85. The number of hydrogen-bond donors (Lipinski definition) is 2. The van der Waals surface area contributed by atoms with Crippen molar-refractivity contribution in [3.8, 4) is 0 Å². The Labute approximate surface area is 144 Å². The molecule has 0 radical (unpaired) electrons. The third-order valence-electron chi connectivity index (χ3n) is 2.88. The number of aryl methyl sites for hydroxylation is 1. The molecule has 1 aromatic carbocycles. The molecule has 1 amide bonds. The van der Waals surface area contributed by atoms with Gasteiger partial charge >= 0.3 is 0 Å². The topological polar surface area (TPSA) is 76.1 Å². The number of amides is 1. The van der Waals surface area contributed by atoms with Gasteiger partial charge in [0.1, 0.15) is 17.3 Å². The number of hydrogen-bond acceptors (Lipinski definition) is 5. The van der Waals surface area contributed by atoms with Crippen molar-refractivity contribution in [1.29, 1.82) is 0 Å². The van der Waals surface area contributed by atoms with Crippen LogP contribution in [0.25, 0.3) is 0 Å². The normalized spacial score (nSPS) is 10.4. The molecule has 0 spiro atoms. The number of anilines is 2. The molecular formula is C15H16Cl2N4O2. The number of aromatic nitrogens is 2. The van der Waals surface area contributed by atoms with Crippen molar-refractivity contribution in [2.24, 2.45) is 0 Å². The van der Waals surface area contributed by atoms with Crippen molar-refractivity contribution in [1.82, 2.24) is 15.3 Å². The van der Waals surface area contributed by atoms with Crippen LogP contribution in [-0.4, -0.2) is 36.1 Å². The molecule has 0 aliphatic carbocycles. The number of halogens is 2. The van der Waals surface area contributed by atoms with Crippen LogP contribution < -0.4 is 10.6 Å².